The number of benzene rings is 3. The summed E-state index contributed by atoms with van der Waals surface area (Å²) in [6.45, 7) is 4.00. The first kappa shape index (κ1) is 30.5. The molecule has 0 aliphatic carbocycles. The van der Waals surface area contributed by atoms with Crippen LogP contribution in [0.4, 0.5) is 0 Å². The molecule has 0 unspecified atom stereocenters. The highest BCUT2D eigenvalue weighted by Gasteiger charge is 2.24. The van der Waals surface area contributed by atoms with E-state index >= 15 is 0 Å². The maximum Gasteiger partial charge on any atom is 0.253 e. The average Bonchev–Trinajstić information content (AvgIpc) is 3.07. The fourth-order valence-corrected chi connectivity index (χ4v) is 6.41. The second-order valence-electron chi connectivity index (χ2n) is 12.3. The molecule has 7 nitrogen and oxygen atoms in total. The van der Waals surface area contributed by atoms with Gasteiger partial charge in [-0.2, -0.15) is 0 Å². The van der Waals surface area contributed by atoms with Crippen molar-refractivity contribution in [2.75, 3.05) is 52.9 Å². The lowest BCUT2D eigenvalue weighted by molar-refractivity contribution is -0.133. The van der Waals surface area contributed by atoms with E-state index in [1.54, 1.807) is 11.1 Å². The minimum atomic E-state index is -0.0395. The summed E-state index contributed by atoms with van der Waals surface area (Å²) in [5.74, 6) is 1.49. The van der Waals surface area contributed by atoms with E-state index in [1.165, 1.54) is 5.56 Å². The predicted molar refractivity (Wildman–Crippen MR) is 177 cm³/mol. The third kappa shape index (κ3) is 7.97. The smallest absolute Gasteiger partial charge is 0.253 e. The van der Waals surface area contributed by atoms with Crippen molar-refractivity contribution in [1.29, 1.82) is 0 Å². The van der Waals surface area contributed by atoms with E-state index in [2.05, 4.69) is 52.3 Å². The molecular formula is C38H42N4O3. The number of carbonyl (C=O) groups is 2. The Kier molecular flexibility index (Phi) is 9.86. The number of carbonyl (C=O) groups excluding carboxylic acids is 2. The van der Waals surface area contributed by atoms with Crippen molar-refractivity contribution < 1.29 is 14.3 Å². The summed E-state index contributed by atoms with van der Waals surface area (Å²) in [5.41, 5.74) is 6.20. The minimum absolute atomic E-state index is 0.0395. The Morgan fingerprint density at radius 3 is 2.47 bits per heavy atom. The number of piperidine rings is 1. The zero-order valence-electron chi connectivity index (χ0n) is 26.1. The number of likely N-dealkylation sites (tertiary alicyclic amines) is 1. The highest BCUT2D eigenvalue weighted by molar-refractivity contribution is 5.94. The van der Waals surface area contributed by atoms with Crippen LogP contribution in [0.25, 0.3) is 11.1 Å². The van der Waals surface area contributed by atoms with Crippen molar-refractivity contribution in [2.45, 2.75) is 25.7 Å². The molecule has 2 amide bonds. The molecule has 45 heavy (non-hydrogen) atoms. The molecule has 2 aliphatic rings. The molecular weight excluding hydrogens is 560 g/mol. The summed E-state index contributed by atoms with van der Waals surface area (Å²) >= 11 is 0. The third-order valence-corrected chi connectivity index (χ3v) is 9.08. The zero-order valence-corrected chi connectivity index (χ0v) is 26.1. The maximum absolute atomic E-state index is 13.7. The van der Waals surface area contributed by atoms with E-state index < -0.39 is 0 Å². The molecule has 6 rings (SSSR count). The van der Waals surface area contributed by atoms with Gasteiger partial charge in [-0.3, -0.25) is 19.5 Å². The number of aromatic nitrogens is 1. The van der Waals surface area contributed by atoms with Crippen molar-refractivity contribution in [3.8, 4) is 16.9 Å². The SMILES string of the molecule is CN1CCN(C(=O)CN2CCC(Cc3ccccc3)CC2)CCOc2ccc(-c3cccnc3)cc2Cc2cccc(c2)C1=O. The monoisotopic (exact) mass is 602 g/mol. The Morgan fingerprint density at radius 2 is 1.67 bits per heavy atom. The number of likely N-dealkylation sites (N-methyl/N-ethyl adjacent to an activating group) is 1. The molecule has 1 fully saturated rings. The van der Waals surface area contributed by atoms with E-state index in [-0.39, 0.29) is 11.8 Å². The van der Waals surface area contributed by atoms with Gasteiger partial charge in [0.1, 0.15) is 12.4 Å². The van der Waals surface area contributed by atoms with Crippen molar-refractivity contribution in [3.63, 3.8) is 0 Å². The van der Waals surface area contributed by atoms with Crippen molar-refractivity contribution in [3.05, 3.63) is 120 Å². The van der Waals surface area contributed by atoms with Gasteiger partial charge in [0.15, 0.2) is 0 Å². The first-order valence-corrected chi connectivity index (χ1v) is 16.1. The lowest BCUT2D eigenvalue weighted by atomic mass is 9.90. The van der Waals surface area contributed by atoms with Gasteiger partial charge < -0.3 is 14.5 Å². The summed E-state index contributed by atoms with van der Waals surface area (Å²) in [4.78, 5) is 37.2. The molecule has 0 spiro atoms. The number of fused-ring (bicyclic) bond motifs is 3. The molecule has 1 aromatic heterocycles. The molecule has 2 aliphatic heterocycles. The Bertz CT molecular complexity index is 1590. The van der Waals surface area contributed by atoms with Crippen LogP contribution >= 0.6 is 0 Å². The predicted octanol–water partition coefficient (Wildman–Crippen LogP) is 5.59. The second-order valence-corrected chi connectivity index (χ2v) is 12.3. The number of hydrogen-bond acceptors (Lipinski definition) is 5. The van der Waals surface area contributed by atoms with Gasteiger partial charge >= 0.3 is 0 Å². The van der Waals surface area contributed by atoms with E-state index in [1.807, 2.05) is 60.6 Å². The normalized spacial score (nSPS) is 16.9. The molecule has 4 aromatic rings. The van der Waals surface area contributed by atoms with Gasteiger partial charge in [0.2, 0.25) is 5.91 Å². The van der Waals surface area contributed by atoms with Crippen LogP contribution in [0.15, 0.2) is 97.3 Å². The Labute approximate surface area is 266 Å². The van der Waals surface area contributed by atoms with Gasteiger partial charge in [0.25, 0.3) is 5.91 Å². The molecule has 7 heteroatoms. The molecule has 232 valence electrons. The summed E-state index contributed by atoms with van der Waals surface area (Å²) in [7, 11) is 1.81. The van der Waals surface area contributed by atoms with Gasteiger partial charge in [-0.1, -0.05) is 54.6 Å². The summed E-state index contributed by atoms with van der Waals surface area (Å²) in [6.07, 6.45) is 7.54. The van der Waals surface area contributed by atoms with Crippen LogP contribution in [-0.2, 0) is 17.6 Å². The van der Waals surface area contributed by atoms with Gasteiger partial charge in [0.05, 0.1) is 13.1 Å². The van der Waals surface area contributed by atoms with Crippen LogP contribution in [0.2, 0.25) is 0 Å². The van der Waals surface area contributed by atoms with E-state index in [0.29, 0.717) is 50.7 Å². The van der Waals surface area contributed by atoms with Crippen LogP contribution in [0.3, 0.4) is 0 Å². The van der Waals surface area contributed by atoms with Crippen molar-refractivity contribution in [2.24, 2.45) is 5.92 Å². The number of hydrogen-bond donors (Lipinski definition) is 0. The largest absolute Gasteiger partial charge is 0.491 e. The minimum Gasteiger partial charge on any atom is -0.491 e. The highest BCUT2D eigenvalue weighted by atomic mass is 16.5. The molecule has 0 radical (unpaired) electrons. The summed E-state index contributed by atoms with van der Waals surface area (Å²) < 4.78 is 6.38. The highest BCUT2D eigenvalue weighted by Crippen LogP contribution is 2.29. The van der Waals surface area contributed by atoms with Crippen molar-refractivity contribution >= 4 is 11.8 Å². The standard InChI is InChI=1S/C38H42N4O3/c1-40-19-20-42(37(43)28-41-17-14-30(15-18-41)23-29-7-3-2-4-8-29)21-22-45-36-13-12-32(34-11-6-16-39-27-34)26-35(36)25-31-9-5-10-33(24-31)38(40)44/h2-13,16,24,26-27,30H,14-15,17-23,25,28H2,1H3. The number of amides is 2. The van der Waals surface area contributed by atoms with Crippen LogP contribution in [0.1, 0.15) is 39.9 Å². The number of pyridine rings is 1. The summed E-state index contributed by atoms with van der Waals surface area (Å²) in [6, 6.07) is 28.7. The topological polar surface area (TPSA) is 66.0 Å². The fraction of sp³-hybridized carbons (Fsp3) is 0.342. The van der Waals surface area contributed by atoms with Crippen LogP contribution < -0.4 is 4.74 Å². The average molecular weight is 603 g/mol. The lowest BCUT2D eigenvalue weighted by Gasteiger charge is -2.33. The first-order valence-electron chi connectivity index (χ1n) is 16.1. The van der Waals surface area contributed by atoms with Crippen LogP contribution in [-0.4, -0.2) is 84.4 Å². The van der Waals surface area contributed by atoms with Crippen LogP contribution in [0, 0.1) is 5.92 Å². The molecule has 3 aromatic carbocycles. The van der Waals surface area contributed by atoms with Crippen molar-refractivity contribution in [1.82, 2.24) is 19.7 Å². The van der Waals surface area contributed by atoms with Gasteiger partial charge in [0, 0.05) is 50.1 Å². The van der Waals surface area contributed by atoms with Gasteiger partial charge in [-0.25, -0.2) is 0 Å². The molecule has 0 atom stereocenters. The Balaban J connectivity index is 1.16. The molecule has 0 N–H and O–H groups in total. The quantitative estimate of drug-likeness (QED) is 0.298. The van der Waals surface area contributed by atoms with Gasteiger partial charge in [-0.15, -0.1) is 0 Å². The molecule has 1 saturated heterocycles. The third-order valence-electron chi connectivity index (χ3n) is 9.08. The van der Waals surface area contributed by atoms with E-state index in [4.69, 9.17) is 4.74 Å². The molecule has 2 bridgehead atoms. The van der Waals surface area contributed by atoms with E-state index in [9.17, 15) is 9.59 Å². The zero-order chi connectivity index (χ0) is 31.0. The number of nitrogens with zero attached hydrogens (tertiary/aromatic N) is 4. The van der Waals surface area contributed by atoms with Crippen LogP contribution in [0.5, 0.6) is 5.75 Å². The summed E-state index contributed by atoms with van der Waals surface area (Å²) in [5, 5.41) is 0. The number of rotatable bonds is 5. The Hall–Kier alpha value is -4.49. The Morgan fingerprint density at radius 1 is 0.844 bits per heavy atom. The first-order chi connectivity index (χ1) is 22.0. The fourth-order valence-electron chi connectivity index (χ4n) is 6.41. The number of ether oxygens (including phenoxy) is 1. The molecule has 0 saturated carbocycles. The molecule has 3 heterocycles. The maximum atomic E-state index is 13.7. The lowest BCUT2D eigenvalue weighted by Crippen LogP contribution is -2.47. The van der Waals surface area contributed by atoms with E-state index in [0.717, 1.165) is 60.4 Å². The van der Waals surface area contributed by atoms with Gasteiger partial charge in [-0.05, 0) is 90.9 Å². The second kappa shape index (κ2) is 14.5.